The first-order valence-electron chi connectivity index (χ1n) is 7.96. The van der Waals surface area contributed by atoms with E-state index in [1.165, 1.54) is 0 Å². The number of carbonyl (C=O) groups is 4. The van der Waals surface area contributed by atoms with E-state index in [2.05, 4.69) is 5.32 Å². The van der Waals surface area contributed by atoms with Gasteiger partial charge in [-0.15, -0.1) is 0 Å². The van der Waals surface area contributed by atoms with Crippen LogP contribution >= 0.6 is 11.8 Å². The number of benzene rings is 1. The van der Waals surface area contributed by atoms with Crippen LogP contribution in [-0.4, -0.2) is 60.0 Å². The highest BCUT2D eigenvalue weighted by molar-refractivity contribution is 8.14. The number of amides is 3. The molecule has 1 heterocycles. The number of nitrogens with zero attached hydrogens (tertiary/aromatic N) is 1. The highest BCUT2D eigenvalue weighted by Crippen LogP contribution is 2.19. The van der Waals surface area contributed by atoms with Crippen molar-refractivity contribution in [1.82, 2.24) is 10.2 Å². The maximum Gasteiger partial charge on any atom is 0.344 e. The van der Waals surface area contributed by atoms with Gasteiger partial charge in [0.2, 0.25) is 5.91 Å². The van der Waals surface area contributed by atoms with E-state index in [1.54, 1.807) is 6.07 Å². The minimum atomic E-state index is -0.665. The van der Waals surface area contributed by atoms with E-state index in [0.29, 0.717) is 5.75 Å². The second-order valence-electron chi connectivity index (χ2n) is 5.67. The average molecular weight is 380 g/mol. The van der Waals surface area contributed by atoms with Gasteiger partial charge in [0, 0.05) is 13.1 Å². The Kier molecular flexibility index (Phi) is 7.02. The van der Waals surface area contributed by atoms with Crippen molar-refractivity contribution in [3.63, 3.8) is 0 Å². The van der Waals surface area contributed by atoms with Gasteiger partial charge in [-0.2, -0.15) is 0 Å². The summed E-state index contributed by atoms with van der Waals surface area (Å²) >= 11 is 0.933. The molecule has 1 aromatic carbocycles. The van der Waals surface area contributed by atoms with Gasteiger partial charge < -0.3 is 14.8 Å². The van der Waals surface area contributed by atoms with E-state index in [0.717, 1.165) is 27.8 Å². The lowest BCUT2D eigenvalue weighted by Crippen LogP contribution is -2.39. The van der Waals surface area contributed by atoms with Crippen molar-refractivity contribution in [2.75, 3.05) is 32.1 Å². The van der Waals surface area contributed by atoms with Gasteiger partial charge in [-0.3, -0.25) is 19.3 Å². The van der Waals surface area contributed by atoms with Gasteiger partial charge in [0.15, 0.2) is 13.2 Å². The molecule has 0 aliphatic carbocycles. The van der Waals surface area contributed by atoms with E-state index in [9.17, 15) is 19.2 Å². The molecule has 1 aliphatic rings. The van der Waals surface area contributed by atoms with Crippen molar-refractivity contribution in [2.24, 2.45) is 0 Å². The SMILES string of the molecule is Cc1ccc(OCC(=O)OCC(=O)NCCN2C(=O)CSC2=O)c(C)c1. The summed E-state index contributed by atoms with van der Waals surface area (Å²) < 4.78 is 10.2. The summed E-state index contributed by atoms with van der Waals surface area (Å²) in [6, 6.07) is 5.57. The molecule has 3 amide bonds. The van der Waals surface area contributed by atoms with E-state index >= 15 is 0 Å². The molecule has 140 valence electrons. The fraction of sp³-hybridized carbons (Fsp3) is 0.412. The number of hydrogen-bond acceptors (Lipinski definition) is 7. The Balaban J connectivity index is 1.63. The van der Waals surface area contributed by atoms with Gasteiger partial charge in [-0.05, 0) is 25.5 Å². The van der Waals surface area contributed by atoms with Crippen molar-refractivity contribution in [1.29, 1.82) is 0 Å². The molecule has 0 aromatic heterocycles. The van der Waals surface area contributed by atoms with Crippen molar-refractivity contribution in [3.8, 4) is 5.75 Å². The predicted octanol–water partition coefficient (Wildman–Crippen LogP) is 1.04. The molecule has 0 atom stereocenters. The third-order valence-corrected chi connectivity index (χ3v) is 4.40. The number of rotatable bonds is 8. The molecule has 1 aliphatic heterocycles. The third kappa shape index (κ3) is 5.76. The van der Waals surface area contributed by atoms with Crippen molar-refractivity contribution in [3.05, 3.63) is 29.3 Å². The average Bonchev–Trinajstić information content (AvgIpc) is 2.91. The zero-order valence-electron chi connectivity index (χ0n) is 14.6. The topological polar surface area (TPSA) is 102 Å². The summed E-state index contributed by atoms with van der Waals surface area (Å²) in [5, 5.41) is 2.16. The van der Waals surface area contributed by atoms with Gasteiger partial charge >= 0.3 is 5.97 Å². The van der Waals surface area contributed by atoms with Gasteiger partial charge in [-0.1, -0.05) is 29.5 Å². The van der Waals surface area contributed by atoms with E-state index < -0.39 is 18.5 Å². The number of aryl methyl sites for hydroxylation is 2. The van der Waals surface area contributed by atoms with Crippen molar-refractivity contribution in [2.45, 2.75) is 13.8 Å². The first kappa shape index (κ1) is 19.8. The number of imide groups is 1. The second kappa shape index (κ2) is 9.23. The maximum absolute atomic E-state index is 11.6. The molecule has 1 fully saturated rings. The van der Waals surface area contributed by atoms with Crippen LogP contribution in [0.4, 0.5) is 4.79 Å². The molecule has 26 heavy (non-hydrogen) atoms. The van der Waals surface area contributed by atoms with Crippen LogP contribution in [0.25, 0.3) is 0 Å². The molecule has 0 unspecified atom stereocenters. The van der Waals surface area contributed by atoms with Crippen LogP contribution in [0.1, 0.15) is 11.1 Å². The largest absolute Gasteiger partial charge is 0.482 e. The van der Waals surface area contributed by atoms with Crippen LogP contribution in [0.3, 0.4) is 0 Å². The molecule has 0 bridgehead atoms. The van der Waals surface area contributed by atoms with Gasteiger partial charge in [-0.25, -0.2) is 4.79 Å². The summed E-state index contributed by atoms with van der Waals surface area (Å²) in [6.45, 7) is 3.28. The molecule has 0 spiro atoms. The van der Waals surface area contributed by atoms with Gasteiger partial charge in [0.05, 0.1) is 5.75 Å². The fourth-order valence-corrected chi connectivity index (χ4v) is 2.99. The van der Waals surface area contributed by atoms with Gasteiger partial charge in [0.1, 0.15) is 5.75 Å². The summed E-state index contributed by atoms with van der Waals surface area (Å²) in [7, 11) is 0. The lowest BCUT2D eigenvalue weighted by molar-refractivity contribution is -0.150. The highest BCUT2D eigenvalue weighted by Gasteiger charge is 2.29. The molecule has 9 heteroatoms. The molecule has 0 saturated carbocycles. The molecule has 1 aromatic rings. The van der Waals surface area contributed by atoms with Crippen molar-refractivity contribution < 1.29 is 28.7 Å². The molecule has 0 radical (unpaired) electrons. The summed E-state index contributed by atoms with van der Waals surface area (Å²) in [4.78, 5) is 47.1. The van der Waals surface area contributed by atoms with Crippen molar-refractivity contribution >= 4 is 34.8 Å². The normalized spacial score (nSPS) is 13.7. The smallest absolute Gasteiger partial charge is 0.344 e. The Morgan fingerprint density at radius 1 is 1.23 bits per heavy atom. The summed E-state index contributed by atoms with van der Waals surface area (Å²) in [5.74, 6) is -0.748. The van der Waals surface area contributed by atoms with E-state index in [-0.39, 0.29) is 36.6 Å². The number of hydrogen-bond donors (Lipinski definition) is 1. The predicted molar refractivity (Wildman–Crippen MR) is 94.9 cm³/mol. The van der Waals surface area contributed by atoms with Crippen LogP contribution in [0.5, 0.6) is 5.75 Å². The first-order chi connectivity index (χ1) is 12.4. The molecule has 1 saturated heterocycles. The Morgan fingerprint density at radius 2 is 2.00 bits per heavy atom. The number of nitrogens with one attached hydrogen (secondary N) is 1. The van der Waals surface area contributed by atoms with E-state index in [1.807, 2.05) is 26.0 Å². The second-order valence-corrected chi connectivity index (χ2v) is 6.59. The standard InChI is InChI=1S/C17H20N2O6S/c1-11-3-4-13(12(2)7-11)24-9-16(22)25-8-14(20)18-5-6-19-15(21)10-26-17(19)23/h3-4,7H,5-6,8-10H2,1-2H3,(H,18,20). The fourth-order valence-electron chi connectivity index (χ4n) is 2.24. The minimum absolute atomic E-state index is 0.0974. The Bertz CT molecular complexity index is 705. The molecular weight excluding hydrogens is 360 g/mol. The van der Waals surface area contributed by atoms with Crippen LogP contribution in [-0.2, 0) is 19.1 Å². The van der Waals surface area contributed by atoms with Crippen LogP contribution in [0.2, 0.25) is 0 Å². The molecule has 1 N–H and O–H groups in total. The Labute approximate surface area is 155 Å². The maximum atomic E-state index is 11.6. The number of esters is 1. The number of carbonyl (C=O) groups excluding carboxylic acids is 4. The third-order valence-electron chi connectivity index (χ3n) is 3.54. The van der Waals surface area contributed by atoms with E-state index in [4.69, 9.17) is 9.47 Å². The van der Waals surface area contributed by atoms with Crippen LogP contribution < -0.4 is 10.1 Å². The molecule has 2 rings (SSSR count). The first-order valence-corrected chi connectivity index (χ1v) is 8.95. The zero-order chi connectivity index (χ0) is 19.1. The lowest BCUT2D eigenvalue weighted by Gasteiger charge is -2.13. The Morgan fingerprint density at radius 3 is 2.65 bits per heavy atom. The lowest BCUT2D eigenvalue weighted by atomic mass is 10.1. The number of ether oxygens (including phenoxy) is 2. The zero-order valence-corrected chi connectivity index (χ0v) is 15.4. The van der Waals surface area contributed by atoms with Crippen LogP contribution in [0.15, 0.2) is 18.2 Å². The van der Waals surface area contributed by atoms with Gasteiger partial charge in [0.25, 0.3) is 11.1 Å². The number of thioether (sulfide) groups is 1. The quantitative estimate of drug-likeness (QED) is 0.672. The minimum Gasteiger partial charge on any atom is -0.482 e. The summed E-state index contributed by atoms with van der Waals surface area (Å²) in [5.41, 5.74) is 1.99. The summed E-state index contributed by atoms with van der Waals surface area (Å²) in [6.07, 6.45) is 0. The molecular formula is C17H20N2O6S. The highest BCUT2D eigenvalue weighted by atomic mass is 32.2. The monoisotopic (exact) mass is 380 g/mol. The Hall–Kier alpha value is -2.55. The molecule has 8 nitrogen and oxygen atoms in total. The van der Waals surface area contributed by atoms with Crippen LogP contribution in [0, 0.1) is 13.8 Å².